The molecule has 2 amide bonds. The topological polar surface area (TPSA) is 95.9 Å². The molecule has 0 bridgehead atoms. The van der Waals surface area contributed by atoms with E-state index in [1.807, 2.05) is 24.3 Å². The number of nitrogens with zero attached hydrogens (tertiary/aromatic N) is 1. The van der Waals surface area contributed by atoms with Gasteiger partial charge in [-0.15, -0.1) is 0 Å². The lowest BCUT2D eigenvalue weighted by molar-refractivity contribution is -0.148. The normalized spacial score (nSPS) is 16.7. The Bertz CT molecular complexity index is 1000. The highest BCUT2D eigenvalue weighted by Crippen LogP contribution is 2.44. The minimum atomic E-state index is -1.06. The first-order valence-electron chi connectivity index (χ1n) is 11.5. The predicted molar refractivity (Wildman–Crippen MR) is 124 cm³/mol. The maximum absolute atomic E-state index is 12.7. The second-order valence-electron chi connectivity index (χ2n) is 8.99. The molecule has 174 valence electrons. The summed E-state index contributed by atoms with van der Waals surface area (Å²) >= 11 is 0. The number of ether oxygens (including phenoxy) is 1. The van der Waals surface area contributed by atoms with Crippen molar-refractivity contribution in [1.29, 1.82) is 0 Å². The number of fused-ring (bicyclic) bond motifs is 3. The zero-order chi connectivity index (χ0) is 23.5. The summed E-state index contributed by atoms with van der Waals surface area (Å²) in [5.41, 5.74) is 4.61. The molecule has 0 aromatic heterocycles. The fourth-order valence-corrected chi connectivity index (χ4v) is 4.68. The van der Waals surface area contributed by atoms with Crippen molar-refractivity contribution < 1.29 is 24.2 Å². The number of rotatable bonds is 8. The summed E-state index contributed by atoms with van der Waals surface area (Å²) in [6, 6.07) is 15.0. The molecule has 1 unspecified atom stereocenters. The van der Waals surface area contributed by atoms with Crippen molar-refractivity contribution in [2.45, 2.75) is 50.6 Å². The van der Waals surface area contributed by atoms with Gasteiger partial charge in [-0.1, -0.05) is 55.0 Å². The van der Waals surface area contributed by atoms with Gasteiger partial charge in [0, 0.05) is 25.4 Å². The van der Waals surface area contributed by atoms with Crippen LogP contribution >= 0.6 is 0 Å². The largest absolute Gasteiger partial charge is 0.480 e. The summed E-state index contributed by atoms with van der Waals surface area (Å²) in [4.78, 5) is 37.8. The SMILES string of the molecule is C[C@@H](C(=O)O)N(C)C(=O)CC(NC(=O)OCC1c2ccccc2-c2ccccc21)C1CCC1. The lowest BCUT2D eigenvalue weighted by atomic mass is 9.78. The molecule has 1 saturated carbocycles. The predicted octanol–water partition coefficient (Wildman–Crippen LogP) is 4.02. The molecule has 7 nitrogen and oxygen atoms in total. The monoisotopic (exact) mass is 450 g/mol. The van der Waals surface area contributed by atoms with Crippen LogP contribution in [0.3, 0.4) is 0 Å². The van der Waals surface area contributed by atoms with Gasteiger partial charge in [-0.2, -0.15) is 0 Å². The maximum Gasteiger partial charge on any atom is 0.407 e. The number of likely N-dealkylation sites (N-methyl/N-ethyl adjacent to an activating group) is 1. The van der Waals surface area contributed by atoms with Gasteiger partial charge in [0.1, 0.15) is 12.6 Å². The van der Waals surface area contributed by atoms with E-state index in [2.05, 4.69) is 29.6 Å². The molecule has 33 heavy (non-hydrogen) atoms. The molecule has 2 aromatic rings. The molecule has 2 aliphatic rings. The third-order valence-electron chi connectivity index (χ3n) is 7.09. The quantitative estimate of drug-likeness (QED) is 0.633. The first-order chi connectivity index (χ1) is 15.9. The molecule has 2 aromatic carbocycles. The van der Waals surface area contributed by atoms with Crippen LogP contribution in [0, 0.1) is 5.92 Å². The van der Waals surface area contributed by atoms with Gasteiger partial charge in [0.25, 0.3) is 0 Å². The lowest BCUT2D eigenvalue weighted by Gasteiger charge is -2.35. The number of nitrogens with one attached hydrogen (secondary N) is 1. The van der Waals surface area contributed by atoms with Crippen LogP contribution in [0.1, 0.15) is 49.7 Å². The van der Waals surface area contributed by atoms with Gasteiger partial charge in [0.05, 0.1) is 0 Å². The van der Waals surface area contributed by atoms with E-state index < -0.39 is 18.1 Å². The standard InChI is InChI=1S/C26H30N2O5/c1-16(25(30)31)28(2)24(29)14-23(17-8-7-9-17)27-26(32)33-15-22-20-12-5-3-10-18(20)19-11-4-6-13-21(19)22/h3-6,10-13,16-17,22-23H,7-9,14-15H2,1-2H3,(H,27,32)(H,30,31)/t16-,23?/m0/s1. The van der Waals surface area contributed by atoms with Crippen molar-refractivity contribution in [2.75, 3.05) is 13.7 Å². The molecule has 7 heteroatoms. The molecule has 1 fully saturated rings. The summed E-state index contributed by atoms with van der Waals surface area (Å²) in [5.74, 6) is -1.20. The Labute approximate surface area is 193 Å². The first-order valence-corrected chi connectivity index (χ1v) is 11.5. The Morgan fingerprint density at radius 2 is 1.64 bits per heavy atom. The average Bonchev–Trinajstić information content (AvgIpc) is 3.09. The van der Waals surface area contributed by atoms with Crippen molar-refractivity contribution in [3.63, 3.8) is 0 Å². The molecule has 0 aliphatic heterocycles. The highest BCUT2D eigenvalue weighted by molar-refractivity contribution is 5.84. The molecule has 4 rings (SSSR count). The lowest BCUT2D eigenvalue weighted by Crippen LogP contribution is -2.48. The van der Waals surface area contributed by atoms with Crippen LogP contribution in [0.2, 0.25) is 0 Å². The molecule has 0 saturated heterocycles. The number of benzene rings is 2. The number of amides is 2. The smallest absolute Gasteiger partial charge is 0.407 e. The van der Waals surface area contributed by atoms with Gasteiger partial charge < -0.3 is 20.1 Å². The second-order valence-corrected chi connectivity index (χ2v) is 8.99. The number of carbonyl (C=O) groups excluding carboxylic acids is 2. The van der Waals surface area contributed by atoms with E-state index in [1.54, 1.807) is 0 Å². The van der Waals surface area contributed by atoms with E-state index in [4.69, 9.17) is 4.74 Å². The van der Waals surface area contributed by atoms with Crippen LogP contribution in [-0.4, -0.2) is 53.7 Å². The molecule has 2 atom stereocenters. The Kier molecular flexibility index (Phi) is 6.67. The van der Waals surface area contributed by atoms with Crippen molar-refractivity contribution >= 4 is 18.0 Å². The van der Waals surface area contributed by atoms with Crippen LogP contribution in [0.5, 0.6) is 0 Å². The maximum atomic E-state index is 12.7. The summed E-state index contributed by atoms with van der Waals surface area (Å²) in [7, 11) is 1.48. The number of carbonyl (C=O) groups is 3. The van der Waals surface area contributed by atoms with Crippen LogP contribution in [0.25, 0.3) is 11.1 Å². The van der Waals surface area contributed by atoms with Crippen molar-refractivity contribution in [2.24, 2.45) is 5.92 Å². The summed E-state index contributed by atoms with van der Waals surface area (Å²) in [6.45, 7) is 1.68. The van der Waals surface area contributed by atoms with E-state index in [-0.39, 0.29) is 36.8 Å². The van der Waals surface area contributed by atoms with E-state index in [0.717, 1.165) is 41.5 Å². The van der Waals surface area contributed by atoms with Crippen molar-refractivity contribution in [3.8, 4) is 11.1 Å². The number of aliphatic carboxylic acids is 1. The molecule has 2 aliphatic carbocycles. The van der Waals surface area contributed by atoms with E-state index >= 15 is 0 Å². The zero-order valence-electron chi connectivity index (χ0n) is 19.0. The molecule has 0 spiro atoms. The van der Waals surface area contributed by atoms with E-state index in [1.165, 1.54) is 18.9 Å². The third kappa shape index (κ3) is 4.72. The number of carboxylic acids is 1. The fourth-order valence-electron chi connectivity index (χ4n) is 4.68. The number of hydrogen-bond acceptors (Lipinski definition) is 4. The van der Waals surface area contributed by atoms with Gasteiger partial charge >= 0.3 is 12.1 Å². The highest BCUT2D eigenvalue weighted by Gasteiger charge is 2.34. The van der Waals surface area contributed by atoms with Crippen molar-refractivity contribution in [3.05, 3.63) is 59.7 Å². The molecule has 0 heterocycles. The molecular formula is C26H30N2O5. The van der Waals surface area contributed by atoms with Gasteiger partial charge in [-0.05, 0) is 47.9 Å². The van der Waals surface area contributed by atoms with Crippen molar-refractivity contribution in [1.82, 2.24) is 10.2 Å². The highest BCUT2D eigenvalue weighted by atomic mass is 16.5. The minimum Gasteiger partial charge on any atom is -0.480 e. The van der Waals surface area contributed by atoms with Crippen LogP contribution in [-0.2, 0) is 14.3 Å². The summed E-state index contributed by atoms with van der Waals surface area (Å²) in [6.07, 6.45) is 2.43. The Morgan fingerprint density at radius 1 is 1.06 bits per heavy atom. The first kappa shape index (κ1) is 22.8. The molecular weight excluding hydrogens is 420 g/mol. The Balaban J connectivity index is 1.40. The number of hydrogen-bond donors (Lipinski definition) is 2. The Hall–Kier alpha value is -3.35. The fraction of sp³-hybridized carbons (Fsp3) is 0.423. The Morgan fingerprint density at radius 3 is 2.15 bits per heavy atom. The van der Waals surface area contributed by atoms with Crippen LogP contribution in [0.15, 0.2) is 48.5 Å². The second kappa shape index (κ2) is 9.65. The van der Waals surface area contributed by atoms with Gasteiger partial charge in [0.2, 0.25) is 5.91 Å². The molecule has 2 N–H and O–H groups in total. The summed E-state index contributed by atoms with van der Waals surface area (Å²) < 4.78 is 5.65. The van der Waals surface area contributed by atoms with E-state index in [0.29, 0.717) is 0 Å². The van der Waals surface area contributed by atoms with Crippen LogP contribution < -0.4 is 5.32 Å². The van der Waals surface area contributed by atoms with Crippen LogP contribution in [0.4, 0.5) is 4.79 Å². The van der Waals surface area contributed by atoms with Gasteiger partial charge in [-0.3, -0.25) is 4.79 Å². The molecule has 0 radical (unpaired) electrons. The third-order valence-corrected chi connectivity index (χ3v) is 7.09. The number of carboxylic acid groups (broad SMARTS) is 1. The van der Waals surface area contributed by atoms with E-state index in [9.17, 15) is 19.5 Å². The number of alkyl carbamates (subject to hydrolysis) is 1. The summed E-state index contributed by atoms with van der Waals surface area (Å²) in [5, 5.41) is 12.1. The average molecular weight is 451 g/mol. The minimum absolute atomic E-state index is 0.0329. The van der Waals surface area contributed by atoms with Gasteiger partial charge in [-0.25, -0.2) is 9.59 Å². The van der Waals surface area contributed by atoms with Gasteiger partial charge in [0.15, 0.2) is 0 Å². The zero-order valence-corrected chi connectivity index (χ0v) is 19.0.